The first kappa shape index (κ1) is 21.1. The van der Waals surface area contributed by atoms with Crippen molar-refractivity contribution in [3.63, 3.8) is 0 Å². The summed E-state index contributed by atoms with van der Waals surface area (Å²) in [6, 6.07) is 19.2. The Hall–Kier alpha value is -1.80. The summed E-state index contributed by atoms with van der Waals surface area (Å²) in [6.07, 6.45) is 17.0. The van der Waals surface area contributed by atoms with Crippen LogP contribution in [0.2, 0.25) is 0 Å². The van der Waals surface area contributed by atoms with Gasteiger partial charge in [0, 0.05) is 5.54 Å². The van der Waals surface area contributed by atoms with Gasteiger partial charge in [-0.1, -0.05) is 81.7 Å². The molecule has 0 N–H and O–H groups in total. The second-order valence-corrected chi connectivity index (χ2v) is 10.3. The third kappa shape index (κ3) is 4.70. The standard InChI is InChI=1S/C29H39NO/c1-4-10-24(11-5-1)25-18-22-30(23-19-25)29(20-8-3-9-21-29)26-14-16-28(17-15-26)31-27-12-6-2-7-13-27/h2,6-7,12-17,24-25H,1,3-5,8-11,18-23H2. The van der Waals surface area contributed by atoms with E-state index in [-0.39, 0.29) is 5.54 Å². The fraction of sp³-hybridized carbons (Fsp3) is 0.586. The van der Waals surface area contributed by atoms with Crippen LogP contribution in [0, 0.1) is 11.8 Å². The molecule has 2 aromatic carbocycles. The van der Waals surface area contributed by atoms with Crippen LogP contribution < -0.4 is 4.74 Å². The monoisotopic (exact) mass is 417 g/mol. The number of hydrogen-bond donors (Lipinski definition) is 0. The first-order valence-corrected chi connectivity index (χ1v) is 12.9. The van der Waals surface area contributed by atoms with Crippen molar-refractivity contribution in [1.82, 2.24) is 4.90 Å². The second-order valence-electron chi connectivity index (χ2n) is 10.3. The summed E-state index contributed by atoms with van der Waals surface area (Å²) in [5.41, 5.74) is 1.77. The van der Waals surface area contributed by atoms with E-state index in [1.54, 1.807) is 0 Å². The molecule has 1 saturated heterocycles. The van der Waals surface area contributed by atoms with Crippen LogP contribution in [-0.4, -0.2) is 18.0 Å². The Labute approximate surface area is 189 Å². The Morgan fingerprint density at radius 1 is 0.613 bits per heavy atom. The van der Waals surface area contributed by atoms with Gasteiger partial charge in [-0.05, 0) is 80.4 Å². The first-order chi connectivity index (χ1) is 15.3. The molecule has 2 aliphatic carbocycles. The molecule has 3 aliphatic rings. The van der Waals surface area contributed by atoms with E-state index in [0.29, 0.717) is 0 Å². The van der Waals surface area contributed by atoms with Crippen LogP contribution >= 0.6 is 0 Å². The molecule has 2 nitrogen and oxygen atoms in total. The van der Waals surface area contributed by atoms with E-state index in [1.165, 1.54) is 95.7 Å². The Morgan fingerprint density at radius 2 is 1.19 bits per heavy atom. The zero-order valence-electron chi connectivity index (χ0n) is 19.1. The average Bonchev–Trinajstić information content (AvgIpc) is 2.86. The smallest absolute Gasteiger partial charge is 0.127 e. The zero-order chi connectivity index (χ0) is 20.9. The molecule has 3 fully saturated rings. The van der Waals surface area contributed by atoms with Crippen molar-refractivity contribution in [3.05, 3.63) is 60.2 Å². The topological polar surface area (TPSA) is 12.5 Å². The van der Waals surface area contributed by atoms with Gasteiger partial charge in [-0.15, -0.1) is 0 Å². The fourth-order valence-electron chi connectivity index (χ4n) is 6.79. The SMILES string of the molecule is c1ccc(Oc2ccc(C3(N4CCC(C5CCCCC5)CC4)CCCCC3)cc2)cc1. The van der Waals surface area contributed by atoms with Crippen molar-refractivity contribution in [1.29, 1.82) is 0 Å². The zero-order valence-corrected chi connectivity index (χ0v) is 19.1. The Bertz CT molecular complexity index is 794. The minimum absolute atomic E-state index is 0.251. The molecule has 0 amide bonds. The van der Waals surface area contributed by atoms with Gasteiger partial charge in [-0.2, -0.15) is 0 Å². The molecule has 1 aliphatic heterocycles. The Kier molecular flexibility index (Phi) is 6.64. The molecular formula is C29H39NO. The Balaban J connectivity index is 1.29. The highest BCUT2D eigenvalue weighted by Gasteiger charge is 2.41. The average molecular weight is 418 g/mol. The number of piperidine rings is 1. The summed E-state index contributed by atoms with van der Waals surface area (Å²) in [5.74, 6) is 3.86. The lowest BCUT2D eigenvalue weighted by molar-refractivity contribution is 0.00518. The molecule has 0 bridgehead atoms. The molecule has 2 aromatic rings. The molecule has 1 heterocycles. The van der Waals surface area contributed by atoms with Crippen molar-refractivity contribution >= 4 is 0 Å². The highest BCUT2D eigenvalue weighted by Crippen LogP contribution is 2.46. The number of benzene rings is 2. The van der Waals surface area contributed by atoms with Gasteiger partial charge in [0.2, 0.25) is 0 Å². The van der Waals surface area contributed by atoms with Crippen LogP contribution in [-0.2, 0) is 5.54 Å². The van der Waals surface area contributed by atoms with Crippen LogP contribution in [0.1, 0.15) is 82.6 Å². The number of hydrogen-bond acceptors (Lipinski definition) is 2. The lowest BCUT2D eigenvalue weighted by Gasteiger charge is -2.50. The van der Waals surface area contributed by atoms with E-state index < -0.39 is 0 Å². The number of para-hydroxylation sites is 1. The van der Waals surface area contributed by atoms with Gasteiger partial charge < -0.3 is 4.74 Å². The molecule has 0 radical (unpaired) electrons. The molecule has 0 unspecified atom stereocenters. The van der Waals surface area contributed by atoms with Crippen LogP contribution in [0.15, 0.2) is 54.6 Å². The normalized spacial score (nSPS) is 23.5. The van der Waals surface area contributed by atoms with Crippen molar-refractivity contribution in [3.8, 4) is 11.5 Å². The van der Waals surface area contributed by atoms with Crippen molar-refractivity contribution in [2.45, 2.75) is 82.6 Å². The summed E-state index contributed by atoms with van der Waals surface area (Å²) < 4.78 is 6.07. The molecule has 166 valence electrons. The first-order valence-electron chi connectivity index (χ1n) is 12.9. The number of rotatable bonds is 5. The van der Waals surface area contributed by atoms with E-state index in [2.05, 4.69) is 29.2 Å². The molecule has 0 spiro atoms. The van der Waals surface area contributed by atoms with Gasteiger partial charge >= 0.3 is 0 Å². The summed E-state index contributed by atoms with van der Waals surface area (Å²) in [7, 11) is 0. The van der Waals surface area contributed by atoms with Crippen LogP contribution in [0.25, 0.3) is 0 Å². The third-order valence-corrected chi connectivity index (χ3v) is 8.51. The van der Waals surface area contributed by atoms with E-state index in [1.807, 2.05) is 30.3 Å². The number of likely N-dealkylation sites (tertiary alicyclic amines) is 1. The highest BCUT2D eigenvalue weighted by molar-refractivity contribution is 5.36. The maximum atomic E-state index is 6.07. The van der Waals surface area contributed by atoms with Crippen molar-refractivity contribution < 1.29 is 4.74 Å². The van der Waals surface area contributed by atoms with Gasteiger partial charge in [0.05, 0.1) is 0 Å². The highest BCUT2D eigenvalue weighted by atomic mass is 16.5. The van der Waals surface area contributed by atoms with Gasteiger partial charge in [0.25, 0.3) is 0 Å². The largest absolute Gasteiger partial charge is 0.457 e. The summed E-state index contributed by atoms with van der Waals surface area (Å²) in [5, 5.41) is 0. The van der Waals surface area contributed by atoms with E-state index in [4.69, 9.17) is 4.74 Å². The predicted octanol–water partition coefficient (Wildman–Crippen LogP) is 7.93. The lowest BCUT2D eigenvalue weighted by atomic mass is 9.72. The van der Waals surface area contributed by atoms with Gasteiger partial charge in [0.15, 0.2) is 0 Å². The minimum Gasteiger partial charge on any atom is -0.457 e. The van der Waals surface area contributed by atoms with Crippen LogP contribution in [0.4, 0.5) is 0 Å². The van der Waals surface area contributed by atoms with E-state index in [0.717, 1.165) is 23.3 Å². The van der Waals surface area contributed by atoms with Crippen molar-refractivity contribution in [2.24, 2.45) is 11.8 Å². The maximum Gasteiger partial charge on any atom is 0.127 e. The second kappa shape index (κ2) is 9.77. The quantitative estimate of drug-likeness (QED) is 0.490. The maximum absolute atomic E-state index is 6.07. The third-order valence-electron chi connectivity index (χ3n) is 8.51. The molecule has 0 aromatic heterocycles. The molecule has 5 rings (SSSR count). The lowest BCUT2D eigenvalue weighted by Crippen LogP contribution is -2.51. The van der Waals surface area contributed by atoms with Crippen LogP contribution in [0.3, 0.4) is 0 Å². The molecule has 31 heavy (non-hydrogen) atoms. The predicted molar refractivity (Wildman–Crippen MR) is 129 cm³/mol. The molecule has 2 heteroatoms. The van der Waals surface area contributed by atoms with Gasteiger partial charge in [0.1, 0.15) is 11.5 Å². The molecule has 2 saturated carbocycles. The Morgan fingerprint density at radius 3 is 1.87 bits per heavy atom. The van der Waals surface area contributed by atoms with E-state index >= 15 is 0 Å². The summed E-state index contributed by atoms with van der Waals surface area (Å²) in [4.78, 5) is 2.89. The van der Waals surface area contributed by atoms with E-state index in [9.17, 15) is 0 Å². The summed E-state index contributed by atoms with van der Waals surface area (Å²) in [6.45, 7) is 2.59. The van der Waals surface area contributed by atoms with Gasteiger partial charge in [-0.3, -0.25) is 4.90 Å². The van der Waals surface area contributed by atoms with Crippen molar-refractivity contribution in [2.75, 3.05) is 13.1 Å². The number of ether oxygens (including phenoxy) is 1. The fourth-order valence-corrected chi connectivity index (χ4v) is 6.79. The minimum atomic E-state index is 0.251. The summed E-state index contributed by atoms with van der Waals surface area (Å²) >= 11 is 0. The van der Waals surface area contributed by atoms with Gasteiger partial charge in [-0.25, -0.2) is 0 Å². The van der Waals surface area contributed by atoms with Crippen LogP contribution in [0.5, 0.6) is 11.5 Å². The molecular weight excluding hydrogens is 378 g/mol. The number of nitrogens with zero attached hydrogens (tertiary/aromatic N) is 1. The molecule has 0 atom stereocenters.